The van der Waals surface area contributed by atoms with Crippen molar-refractivity contribution in [2.45, 2.75) is 13.3 Å². The van der Waals surface area contributed by atoms with E-state index in [0.29, 0.717) is 17.9 Å². The van der Waals surface area contributed by atoms with Gasteiger partial charge in [0.05, 0.1) is 6.61 Å². The maximum atomic E-state index is 12.0. The Balaban J connectivity index is 2.00. The van der Waals surface area contributed by atoms with Crippen LogP contribution in [0.3, 0.4) is 0 Å². The van der Waals surface area contributed by atoms with E-state index in [4.69, 9.17) is 10.5 Å². The molecule has 0 amide bonds. The van der Waals surface area contributed by atoms with Gasteiger partial charge in [0, 0.05) is 11.3 Å². The van der Waals surface area contributed by atoms with Crippen molar-refractivity contribution in [3.8, 4) is 5.75 Å². The zero-order valence-electron chi connectivity index (χ0n) is 12.1. The molecule has 2 rings (SSSR count). The molecule has 21 heavy (non-hydrogen) atoms. The highest BCUT2D eigenvalue weighted by atomic mass is 16.5. The van der Waals surface area contributed by atoms with Crippen molar-refractivity contribution in [3.63, 3.8) is 0 Å². The molecule has 0 fully saturated rings. The molecule has 2 aromatic carbocycles. The number of ether oxygens (including phenoxy) is 1. The third-order valence-electron chi connectivity index (χ3n) is 2.98. The number of anilines is 1. The Morgan fingerprint density at radius 2 is 1.76 bits per heavy atom. The van der Waals surface area contributed by atoms with Crippen LogP contribution >= 0.6 is 0 Å². The molecule has 0 radical (unpaired) electrons. The maximum Gasteiger partial charge on any atom is 0.185 e. The summed E-state index contributed by atoms with van der Waals surface area (Å²) in [6.07, 6.45) is 4.34. The number of allylic oxidation sites excluding steroid dienone is 1. The molecule has 0 saturated heterocycles. The Labute approximate surface area is 125 Å². The zero-order valence-corrected chi connectivity index (χ0v) is 12.1. The molecule has 0 aliphatic heterocycles. The first-order valence-corrected chi connectivity index (χ1v) is 7.00. The van der Waals surface area contributed by atoms with Crippen LogP contribution in [0.4, 0.5) is 5.69 Å². The smallest absolute Gasteiger partial charge is 0.185 e. The highest BCUT2D eigenvalue weighted by molar-refractivity contribution is 6.06. The molecule has 2 N–H and O–H groups in total. The van der Waals surface area contributed by atoms with Gasteiger partial charge in [-0.1, -0.05) is 25.1 Å². The fourth-order valence-electron chi connectivity index (χ4n) is 1.81. The molecule has 0 aliphatic carbocycles. The van der Waals surface area contributed by atoms with Gasteiger partial charge in [0.25, 0.3) is 0 Å². The fraction of sp³-hybridized carbons (Fsp3) is 0.167. The predicted molar refractivity (Wildman–Crippen MR) is 86.4 cm³/mol. The first-order valence-electron chi connectivity index (χ1n) is 7.00. The molecular formula is C18H19NO2. The SMILES string of the molecule is CCCOc1ccc(/C=C\C(=O)c2ccc(N)cc2)cc1. The Kier molecular flexibility index (Phi) is 5.16. The van der Waals surface area contributed by atoms with Gasteiger partial charge >= 0.3 is 0 Å². The number of carbonyl (C=O) groups excluding carboxylic acids is 1. The van der Waals surface area contributed by atoms with Crippen molar-refractivity contribution in [1.82, 2.24) is 0 Å². The standard InChI is InChI=1S/C18H19NO2/c1-2-13-21-17-10-3-14(4-11-17)5-12-18(20)15-6-8-16(19)9-7-15/h3-12H,2,13,19H2,1H3/b12-5-. The lowest BCUT2D eigenvalue weighted by atomic mass is 10.1. The van der Waals surface area contributed by atoms with Gasteiger partial charge in [0.1, 0.15) is 5.75 Å². The highest BCUT2D eigenvalue weighted by Crippen LogP contribution is 2.14. The minimum Gasteiger partial charge on any atom is -0.494 e. The molecule has 3 heteroatoms. The van der Waals surface area contributed by atoms with E-state index < -0.39 is 0 Å². The number of nitrogens with two attached hydrogens (primary N) is 1. The Morgan fingerprint density at radius 3 is 2.38 bits per heavy atom. The van der Waals surface area contributed by atoms with Crippen LogP contribution in [0, 0.1) is 0 Å². The molecule has 2 aromatic rings. The molecule has 0 aromatic heterocycles. The number of benzene rings is 2. The van der Waals surface area contributed by atoms with Crippen molar-refractivity contribution in [1.29, 1.82) is 0 Å². The van der Waals surface area contributed by atoms with Crippen LogP contribution in [0.5, 0.6) is 5.75 Å². The summed E-state index contributed by atoms with van der Waals surface area (Å²) in [7, 11) is 0. The van der Waals surface area contributed by atoms with Gasteiger partial charge < -0.3 is 10.5 Å². The minimum atomic E-state index is -0.0405. The van der Waals surface area contributed by atoms with Crippen molar-refractivity contribution in [2.75, 3.05) is 12.3 Å². The van der Waals surface area contributed by atoms with Crippen LogP contribution in [0.15, 0.2) is 54.6 Å². The highest BCUT2D eigenvalue weighted by Gasteiger charge is 2.00. The van der Waals surface area contributed by atoms with Gasteiger partial charge in [-0.25, -0.2) is 0 Å². The first-order chi connectivity index (χ1) is 10.2. The van der Waals surface area contributed by atoms with Crippen LogP contribution in [-0.2, 0) is 0 Å². The molecule has 0 saturated carbocycles. The van der Waals surface area contributed by atoms with Crippen LogP contribution < -0.4 is 10.5 Å². The first kappa shape index (κ1) is 14.9. The van der Waals surface area contributed by atoms with Gasteiger partial charge in [-0.15, -0.1) is 0 Å². The van der Waals surface area contributed by atoms with Crippen LogP contribution in [0.2, 0.25) is 0 Å². The summed E-state index contributed by atoms with van der Waals surface area (Å²) in [5.74, 6) is 0.806. The summed E-state index contributed by atoms with van der Waals surface area (Å²) in [5, 5.41) is 0. The van der Waals surface area contributed by atoms with Crippen molar-refractivity contribution in [2.24, 2.45) is 0 Å². The molecule has 108 valence electrons. The molecule has 3 nitrogen and oxygen atoms in total. The van der Waals surface area contributed by atoms with Gasteiger partial charge in [0.2, 0.25) is 0 Å². The lowest BCUT2D eigenvalue weighted by molar-refractivity contribution is 0.104. The maximum absolute atomic E-state index is 12.0. The van der Waals surface area contributed by atoms with Gasteiger partial charge in [-0.3, -0.25) is 4.79 Å². The minimum absolute atomic E-state index is 0.0405. The molecule has 0 spiro atoms. The number of hydrogen-bond acceptors (Lipinski definition) is 3. The van der Waals surface area contributed by atoms with E-state index in [9.17, 15) is 4.79 Å². The summed E-state index contributed by atoms with van der Waals surface area (Å²) >= 11 is 0. The monoisotopic (exact) mass is 281 g/mol. The van der Waals surface area contributed by atoms with E-state index in [-0.39, 0.29) is 5.78 Å². The summed E-state index contributed by atoms with van der Waals surface area (Å²) in [5.41, 5.74) is 7.84. The molecule has 0 atom stereocenters. The number of hydrogen-bond donors (Lipinski definition) is 1. The predicted octanol–water partition coefficient (Wildman–Crippen LogP) is 3.95. The molecule has 0 aliphatic rings. The van der Waals surface area contributed by atoms with Crippen molar-refractivity contribution >= 4 is 17.5 Å². The second kappa shape index (κ2) is 7.29. The van der Waals surface area contributed by atoms with Crippen LogP contribution in [0.1, 0.15) is 29.3 Å². The fourth-order valence-corrected chi connectivity index (χ4v) is 1.81. The van der Waals surface area contributed by atoms with E-state index in [1.54, 1.807) is 36.4 Å². The summed E-state index contributed by atoms with van der Waals surface area (Å²) in [6.45, 7) is 2.78. The molecule has 0 unspecified atom stereocenters. The van der Waals surface area contributed by atoms with Crippen molar-refractivity contribution < 1.29 is 9.53 Å². The third kappa shape index (κ3) is 4.49. The van der Waals surface area contributed by atoms with Crippen molar-refractivity contribution in [3.05, 3.63) is 65.7 Å². The topological polar surface area (TPSA) is 52.3 Å². The summed E-state index contributed by atoms with van der Waals surface area (Å²) < 4.78 is 5.51. The quantitative estimate of drug-likeness (QED) is 0.495. The van der Waals surface area contributed by atoms with E-state index in [2.05, 4.69) is 6.92 Å². The molecular weight excluding hydrogens is 262 g/mol. The van der Waals surface area contributed by atoms with E-state index in [0.717, 1.165) is 17.7 Å². The summed E-state index contributed by atoms with van der Waals surface area (Å²) in [6, 6.07) is 14.6. The van der Waals surface area contributed by atoms with Gasteiger partial charge in [-0.2, -0.15) is 0 Å². The van der Waals surface area contributed by atoms with E-state index in [1.807, 2.05) is 24.3 Å². The number of ketones is 1. The van der Waals surface area contributed by atoms with Gasteiger partial charge in [-0.05, 0) is 54.5 Å². The van der Waals surface area contributed by atoms with Gasteiger partial charge in [0.15, 0.2) is 5.78 Å². The lowest BCUT2D eigenvalue weighted by Crippen LogP contribution is -1.95. The lowest BCUT2D eigenvalue weighted by Gasteiger charge is -2.04. The zero-order chi connectivity index (χ0) is 15.1. The Hall–Kier alpha value is -2.55. The second-order valence-corrected chi connectivity index (χ2v) is 4.74. The van der Waals surface area contributed by atoms with E-state index >= 15 is 0 Å². The third-order valence-corrected chi connectivity index (χ3v) is 2.98. The molecule has 0 bridgehead atoms. The average Bonchev–Trinajstić information content (AvgIpc) is 2.52. The number of rotatable bonds is 6. The average molecular weight is 281 g/mol. The Morgan fingerprint density at radius 1 is 1.10 bits per heavy atom. The van der Waals surface area contributed by atoms with E-state index in [1.165, 1.54) is 0 Å². The molecule has 0 heterocycles. The second-order valence-electron chi connectivity index (χ2n) is 4.74. The Bertz CT molecular complexity index is 613. The summed E-state index contributed by atoms with van der Waals surface area (Å²) in [4.78, 5) is 12.0. The van der Waals surface area contributed by atoms with Crippen LogP contribution in [0.25, 0.3) is 6.08 Å². The largest absolute Gasteiger partial charge is 0.494 e. The number of nitrogen functional groups attached to an aromatic ring is 1. The number of carbonyl (C=O) groups is 1. The normalized spacial score (nSPS) is 10.7. The van der Waals surface area contributed by atoms with Crippen LogP contribution in [-0.4, -0.2) is 12.4 Å².